The van der Waals surface area contributed by atoms with Gasteiger partial charge in [0.15, 0.2) is 17.2 Å². The van der Waals surface area contributed by atoms with Gasteiger partial charge in [-0.3, -0.25) is 0 Å². The van der Waals surface area contributed by atoms with Crippen LogP contribution in [0.1, 0.15) is 12.1 Å². The Balaban J connectivity index is 2.19. The van der Waals surface area contributed by atoms with Gasteiger partial charge >= 0.3 is 12.4 Å². The van der Waals surface area contributed by atoms with E-state index < -0.39 is 36.1 Å². The van der Waals surface area contributed by atoms with Gasteiger partial charge in [-0.25, -0.2) is 9.97 Å². The van der Waals surface area contributed by atoms with E-state index in [9.17, 15) is 31.4 Å². The number of ether oxygens (including phenoxy) is 2. The van der Waals surface area contributed by atoms with Crippen LogP contribution in [-0.4, -0.2) is 47.4 Å². The molecule has 7 nitrogen and oxygen atoms in total. The van der Waals surface area contributed by atoms with E-state index >= 15 is 0 Å². The SMILES string of the molecule is COc1ccc(-c2cc(C(F)(F)F)nc(N3N=CC[C@]3(O)C(F)(F)F)n2)cc1OC. The van der Waals surface area contributed by atoms with Crippen LogP contribution in [0.25, 0.3) is 11.3 Å². The van der Waals surface area contributed by atoms with Crippen LogP contribution in [0.2, 0.25) is 0 Å². The second kappa shape index (κ2) is 7.31. The Morgan fingerprint density at radius 3 is 2.23 bits per heavy atom. The van der Waals surface area contributed by atoms with E-state index in [0.717, 1.165) is 0 Å². The third-order valence-electron chi connectivity index (χ3n) is 4.25. The summed E-state index contributed by atoms with van der Waals surface area (Å²) < 4.78 is 90.3. The summed E-state index contributed by atoms with van der Waals surface area (Å²) in [5, 5.41) is 13.3. The zero-order valence-electron chi connectivity index (χ0n) is 15.4. The molecule has 1 aliphatic rings. The number of rotatable bonds is 4. The van der Waals surface area contributed by atoms with Gasteiger partial charge < -0.3 is 14.6 Å². The fourth-order valence-corrected chi connectivity index (χ4v) is 2.70. The van der Waals surface area contributed by atoms with Crippen LogP contribution in [-0.2, 0) is 6.18 Å². The molecule has 0 amide bonds. The smallest absolute Gasteiger partial charge is 0.438 e. The van der Waals surface area contributed by atoms with Gasteiger partial charge in [0, 0.05) is 18.2 Å². The van der Waals surface area contributed by atoms with Crippen LogP contribution < -0.4 is 14.5 Å². The Hall–Kier alpha value is -3.09. The van der Waals surface area contributed by atoms with E-state index in [1.165, 1.54) is 32.4 Å². The minimum absolute atomic E-state index is 0.0769. The first-order valence-corrected chi connectivity index (χ1v) is 8.21. The molecular weight excluding hydrogens is 422 g/mol. The second-order valence-electron chi connectivity index (χ2n) is 6.13. The van der Waals surface area contributed by atoms with Gasteiger partial charge in [-0.2, -0.15) is 36.5 Å². The number of aromatic nitrogens is 2. The molecule has 30 heavy (non-hydrogen) atoms. The van der Waals surface area contributed by atoms with Crippen molar-refractivity contribution in [2.24, 2.45) is 5.10 Å². The van der Waals surface area contributed by atoms with Crippen LogP contribution >= 0.6 is 0 Å². The van der Waals surface area contributed by atoms with Crippen molar-refractivity contribution in [3.63, 3.8) is 0 Å². The molecule has 1 atom stereocenters. The summed E-state index contributed by atoms with van der Waals surface area (Å²) in [6, 6.07) is 4.60. The van der Waals surface area contributed by atoms with E-state index in [-0.39, 0.29) is 27.8 Å². The lowest BCUT2D eigenvalue weighted by atomic mass is 10.1. The van der Waals surface area contributed by atoms with Gasteiger partial charge in [0.1, 0.15) is 0 Å². The molecule has 0 aliphatic carbocycles. The number of hydrogen-bond acceptors (Lipinski definition) is 7. The number of hydrogen-bond donors (Lipinski definition) is 1. The van der Waals surface area contributed by atoms with Crippen molar-refractivity contribution in [1.82, 2.24) is 9.97 Å². The van der Waals surface area contributed by atoms with Crippen LogP contribution in [0.3, 0.4) is 0 Å². The average molecular weight is 436 g/mol. The Labute approximate surface area is 165 Å². The maximum Gasteiger partial charge on any atom is 0.438 e. The summed E-state index contributed by atoms with van der Waals surface area (Å²) in [7, 11) is 2.65. The molecule has 2 aromatic rings. The first kappa shape index (κ1) is 21.6. The lowest BCUT2D eigenvalue weighted by Gasteiger charge is -2.32. The summed E-state index contributed by atoms with van der Waals surface area (Å²) in [6.07, 6.45) is -10.5. The molecule has 0 saturated carbocycles. The fourth-order valence-electron chi connectivity index (χ4n) is 2.70. The molecule has 0 spiro atoms. The predicted octanol–water partition coefficient (Wildman–Crippen LogP) is 3.63. The zero-order valence-corrected chi connectivity index (χ0v) is 15.4. The van der Waals surface area contributed by atoms with Crippen molar-refractivity contribution in [3.05, 3.63) is 30.0 Å². The average Bonchev–Trinajstić information content (AvgIpc) is 3.09. The first-order valence-electron chi connectivity index (χ1n) is 8.21. The van der Waals surface area contributed by atoms with E-state index in [1.54, 1.807) is 0 Å². The highest BCUT2D eigenvalue weighted by Gasteiger charge is 2.61. The van der Waals surface area contributed by atoms with Gasteiger partial charge in [0.25, 0.3) is 5.72 Å². The fraction of sp³-hybridized carbons (Fsp3) is 0.353. The Morgan fingerprint density at radius 1 is 1.00 bits per heavy atom. The molecule has 1 aromatic carbocycles. The minimum atomic E-state index is -5.23. The van der Waals surface area contributed by atoms with Crippen molar-refractivity contribution < 1.29 is 40.9 Å². The third-order valence-corrected chi connectivity index (χ3v) is 4.25. The molecule has 1 aromatic heterocycles. The normalized spacial score (nSPS) is 19.3. The molecule has 0 fully saturated rings. The summed E-state index contributed by atoms with van der Waals surface area (Å²) in [5.41, 5.74) is -5.36. The van der Waals surface area contributed by atoms with E-state index in [1.807, 2.05) is 0 Å². The minimum Gasteiger partial charge on any atom is -0.493 e. The first-order chi connectivity index (χ1) is 13.9. The molecule has 162 valence electrons. The molecule has 0 saturated heterocycles. The van der Waals surface area contributed by atoms with Gasteiger partial charge in [-0.15, -0.1) is 0 Å². The highest BCUT2D eigenvalue weighted by atomic mass is 19.4. The maximum absolute atomic E-state index is 13.4. The molecule has 3 rings (SSSR count). The molecule has 1 N–H and O–H groups in total. The quantitative estimate of drug-likeness (QED) is 0.738. The Bertz CT molecular complexity index is 979. The molecular formula is C17H14F6N4O3. The molecule has 1 aliphatic heterocycles. The summed E-state index contributed by atoms with van der Waals surface area (Å²) in [6.45, 7) is 0. The van der Waals surface area contributed by atoms with Crippen LogP contribution in [0.15, 0.2) is 29.4 Å². The van der Waals surface area contributed by atoms with Gasteiger partial charge in [-0.1, -0.05) is 0 Å². The largest absolute Gasteiger partial charge is 0.493 e. The standard InChI is InChI=1S/C17H14F6N4O3/c1-29-11-4-3-9(7-12(11)30-2)10-8-13(16(18,19)20)26-14(25-10)27-15(28,5-6-24-27)17(21,22)23/h3-4,6-8,28H,5H2,1-2H3/t15-/m0/s1. The summed E-state index contributed by atoms with van der Waals surface area (Å²) in [4.78, 5) is 6.94. The molecule has 0 unspecified atom stereocenters. The number of anilines is 1. The molecule has 0 radical (unpaired) electrons. The Morgan fingerprint density at radius 2 is 1.67 bits per heavy atom. The van der Waals surface area contributed by atoms with Crippen LogP contribution in [0, 0.1) is 0 Å². The van der Waals surface area contributed by atoms with Crippen molar-refractivity contribution in [2.45, 2.75) is 24.5 Å². The van der Waals surface area contributed by atoms with E-state index in [4.69, 9.17) is 9.47 Å². The number of hydrazone groups is 1. The molecule has 0 bridgehead atoms. The van der Waals surface area contributed by atoms with Gasteiger partial charge in [-0.05, 0) is 24.3 Å². The second-order valence-corrected chi connectivity index (χ2v) is 6.13. The highest BCUT2D eigenvalue weighted by Crippen LogP contribution is 2.42. The van der Waals surface area contributed by atoms with Crippen molar-refractivity contribution in [3.8, 4) is 22.8 Å². The molecule has 2 heterocycles. The highest BCUT2D eigenvalue weighted by molar-refractivity contribution is 5.69. The van der Waals surface area contributed by atoms with Gasteiger partial charge in [0.2, 0.25) is 5.95 Å². The number of halogens is 6. The van der Waals surface area contributed by atoms with Crippen LogP contribution in [0.4, 0.5) is 32.3 Å². The number of nitrogens with zero attached hydrogens (tertiary/aromatic N) is 4. The van der Waals surface area contributed by atoms with Gasteiger partial charge in [0.05, 0.1) is 19.9 Å². The van der Waals surface area contributed by atoms with Crippen molar-refractivity contribution in [1.29, 1.82) is 0 Å². The third kappa shape index (κ3) is 3.72. The number of benzene rings is 1. The monoisotopic (exact) mass is 436 g/mol. The predicted molar refractivity (Wildman–Crippen MR) is 92.2 cm³/mol. The van der Waals surface area contributed by atoms with Crippen molar-refractivity contribution >= 4 is 12.2 Å². The van der Waals surface area contributed by atoms with E-state index in [2.05, 4.69) is 15.1 Å². The summed E-state index contributed by atoms with van der Waals surface area (Å²) >= 11 is 0. The lowest BCUT2D eigenvalue weighted by molar-refractivity contribution is -0.254. The number of aliphatic hydroxyl groups is 1. The topological polar surface area (TPSA) is 80.1 Å². The zero-order chi connectivity index (χ0) is 22.3. The maximum atomic E-state index is 13.4. The lowest BCUT2D eigenvalue weighted by Crippen LogP contribution is -2.55. The molecule has 13 heteroatoms. The van der Waals surface area contributed by atoms with E-state index in [0.29, 0.717) is 12.3 Å². The van der Waals surface area contributed by atoms with Crippen LogP contribution in [0.5, 0.6) is 11.5 Å². The van der Waals surface area contributed by atoms with Crippen molar-refractivity contribution in [2.75, 3.05) is 19.2 Å². The number of alkyl halides is 6. The Kier molecular flexibility index (Phi) is 5.26. The number of methoxy groups -OCH3 is 2. The summed E-state index contributed by atoms with van der Waals surface area (Å²) in [5.74, 6) is -0.625.